The summed E-state index contributed by atoms with van der Waals surface area (Å²) in [5.41, 5.74) is 3.05. The Labute approximate surface area is 211 Å². The van der Waals surface area contributed by atoms with Gasteiger partial charge < -0.3 is 15.5 Å². The third-order valence-electron chi connectivity index (χ3n) is 5.76. The van der Waals surface area contributed by atoms with E-state index >= 15 is 0 Å². The maximum atomic E-state index is 13.1. The first-order chi connectivity index (χ1) is 17.1. The molecule has 3 aromatic carbocycles. The van der Waals surface area contributed by atoms with Gasteiger partial charge in [-0.2, -0.15) is 5.10 Å². The van der Waals surface area contributed by atoms with Gasteiger partial charge in [0.2, 0.25) is 0 Å². The minimum absolute atomic E-state index is 0.165. The quantitative estimate of drug-likeness (QED) is 0.337. The Morgan fingerprint density at radius 1 is 0.917 bits per heavy atom. The standard InChI is InChI=1S/C28H32N6O2/c1-28(2,3)24-17-25(31-26(35)30-23-15-9-12-20-11-6-7-14-22(20)23)34(32-24)21-13-8-10-19(16-21)18-29-27(36)33(4)5/h6-17H,18H2,1-5H3,(H,29,36)(H2,30,31,35). The zero-order valence-electron chi connectivity index (χ0n) is 21.3. The van der Waals surface area contributed by atoms with Crippen molar-refractivity contribution in [1.82, 2.24) is 20.0 Å². The molecule has 0 aliphatic heterocycles. The van der Waals surface area contributed by atoms with Crippen LogP contribution in [0.3, 0.4) is 0 Å². The maximum absolute atomic E-state index is 13.1. The second-order valence-electron chi connectivity index (χ2n) is 9.91. The van der Waals surface area contributed by atoms with E-state index in [-0.39, 0.29) is 17.5 Å². The van der Waals surface area contributed by atoms with E-state index < -0.39 is 0 Å². The van der Waals surface area contributed by atoms with Gasteiger partial charge >= 0.3 is 12.1 Å². The number of carbonyl (C=O) groups excluding carboxylic acids is 2. The van der Waals surface area contributed by atoms with Crippen LogP contribution >= 0.6 is 0 Å². The summed E-state index contributed by atoms with van der Waals surface area (Å²) in [6.07, 6.45) is 0. The van der Waals surface area contributed by atoms with Crippen molar-refractivity contribution in [3.63, 3.8) is 0 Å². The van der Waals surface area contributed by atoms with Crippen LogP contribution < -0.4 is 16.0 Å². The van der Waals surface area contributed by atoms with Crippen LogP contribution in [0.4, 0.5) is 21.1 Å². The predicted molar refractivity (Wildman–Crippen MR) is 145 cm³/mol. The highest BCUT2D eigenvalue weighted by Gasteiger charge is 2.22. The minimum Gasteiger partial charge on any atom is -0.334 e. The SMILES string of the molecule is CN(C)C(=O)NCc1cccc(-n2nc(C(C)(C)C)cc2NC(=O)Nc2cccc3ccccc23)c1. The summed E-state index contributed by atoms with van der Waals surface area (Å²) in [5.74, 6) is 0.548. The highest BCUT2D eigenvalue weighted by atomic mass is 16.2. The van der Waals surface area contributed by atoms with Crippen LogP contribution in [-0.2, 0) is 12.0 Å². The number of anilines is 2. The molecule has 36 heavy (non-hydrogen) atoms. The second kappa shape index (κ2) is 10.1. The molecule has 4 aromatic rings. The van der Waals surface area contributed by atoms with Crippen molar-refractivity contribution < 1.29 is 9.59 Å². The van der Waals surface area contributed by atoms with E-state index in [9.17, 15) is 9.59 Å². The topological polar surface area (TPSA) is 91.3 Å². The average molecular weight is 485 g/mol. The molecule has 8 heteroatoms. The van der Waals surface area contributed by atoms with E-state index in [4.69, 9.17) is 5.10 Å². The van der Waals surface area contributed by atoms with Crippen molar-refractivity contribution in [2.24, 2.45) is 0 Å². The van der Waals surface area contributed by atoms with Gasteiger partial charge in [-0.1, -0.05) is 69.3 Å². The Morgan fingerprint density at radius 3 is 2.39 bits per heavy atom. The van der Waals surface area contributed by atoms with Gasteiger partial charge in [0.05, 0.1) is 17.1 Å². The zero-order chi connectivity index (χ0) is 25.9. The molecule has 4 amide bonds. The third-order valence-corrected chi connectivity index (χ3v) is 5.76. The molecule has 0 atom stereocenters. The van der Waals surface area contributed by atoms with Gasteiger partial charge in [-0.05, 0) is 29.1 Å². The van der Waals surface area contributed by atoms with Crippen LogP contribution in [0.5, 0.6) is 0 Å². The lowest BCUT2D eigenvalue weighted by atomic mass is 9.92. The van der Waals surface area contributed by atoms with Crippen LogP contribution in [0.25, 0.3) is 16.5 Å². The fourth-order valence-electron chi connectivity index (χ4n) is 3.77. The van der Waals surface area contributed by atoms with E-state index in [1.165, 1.54) is 4.90 Å². The molecule has 0 radical (unpaired) electrons. The highest BCUT2D eigenvalue weighted by molar-refractivity contribution is 6.06. The third kappa shape index (κ3) is 5.66. The van der Waals surface area contributed by atoms with Crippen LogP contribution in [-0.4, -0.2) is 40.8 Å². The van der Waals surface area contributed by atoms with Crippen molar-refractivity contribution in [2.45, 2.75) is 32.7 Å². The summed E-state index contributed by atoms with van der Waals surface area (Å²) in [5, 5.41) is 15.6. The molecule has 0 unspecified atom stereocenters. The van der Waals surface area contributed by atoms with Gasteiger partial charge in [0.15, 0.2) is 0 Å². The van der Waals surface area contributed by atoms with E-state index in [0.29, 0.717) is 12.4 Å². The Bertz CT molecular complexity index is 1400. The van der Waals surface area contributed by atoms with E-state index in [1.54, 1.807) is 18.8 Å². The lowest BCUT2D eigenvalue weighted by Gasteiger charge is -2.14. The Hall–Kier alpha value is -4.33. The van der Waals surface area contributed by atoms with Crippen molar-refractivity contribution in [2.75, 3.05) is 24.7 Å². The molecule has 0 bridgehead atoms. The summed E-state index contributed by atoms with van der Waals surface area (Å²) in [6, 6.07) is 22.8. The summed E-state index contributed by atoms with van der Waals surface area (Å²) in [6.45, 7) is 6.61. The van der Waals surface area contributed by atoms with E-state index in [1.807, 2.05) is 72.8 Å². The molecule has 0 spiro atoms. The molecule has 0 saturated carbocycles. The number of urea groups is 2. The minimum atomic E-state index is -0.359. The molecule has 0 saturated heterocycles. The molecule has 3 N–H and O–H groups in total. The number of hydrogen-bond donors (Lipinski definition) is 3. The van der Waals surface area contributed by atoms with E-state index in [2.05, 4.69) is 36.7 Å². The molecule has 0 aliphatic carbocycles. The molecular formula is C28H32N6O2. The summed E-state index contributed by atoms with van der Waals surface area (Å²) in [4.78, 5) is 26.5. The normalized spacial score (nSPS) is 11.2. The van der Waals surface area contributed by atoms with Crippen molar-refractivity contribution in [3.05, 3.63) is 84.1 Å². The van der Waals surface area contributed by atoms with Crippen molar-refractivity contribution in [1.29, 1.82) is 0 Å². The van der Waals surface area contributed by atoms with Gasteiger partial charge in [-0.25, -0.2) is 14.3 Å². The molecule has 1 aromatic heterocycles. The fraction of sp³-hybridized carbons (Fsp3) is 0.250. The first kappa shape index (κ1) is 24.8. The average Bonchev–Trinajstić information content (AvgIpc) is 3.27. The summed E-state index contributed by atoms with van der Waals surface area (Å²) < 4.78 is 1.72. The van der Waals surface area contributed by atoms with E-state index in [0.717, 1.165) is 33.4 Å². The lowest BCUT2D eigenvalue weighted by Crippen LogP contribution is -2.33. The number of nitrogens with zero attached hydrogens (tertiary/aromatic N) is 3. The van der Waals surface area contributed by atoms with Gasteiger partial charge in [0, 0.05) is 37.5 Å². The monoisotopic (exact) mass is 484 g/mol. The first-order valence-corrected chi connectivity index (χ1v) is 11.8. The van der Waals surface area contributed by atoms with Crippen molar-refractivity contribution in [3.8, 4) is 5.69 Å². The smallest absolute Gasteiger partial charge is 0.324 e. The van der Waals surface area contributed by atoms with Crippen LogP contribution in [0, 0.1) is 0 Å². The molecule has 0 fully saturated rings. The molecule has 0 aliphatic rings. The number of rotatable bonds is 5. The molecular weight excluding hydrogens is 452 g/mol. The van der Waals surface area contributed by atoms with Gasteiger partial charge in [-0.3, -0.25) is 5.32 Å². The summed E-state index contributed by atoms with van der Waals surface area (Å²) >= 11 is 0. The molecule has 4 rings (SSSR count). The number of aromatic nitrogens is 2. The molecule has 1 heterocycles. The van der Waals surface area contributed by atoms with Gasteiger partial charge in [-0.15, -0.1) is 0 Å². The first-order valence-electron chi connectivity index (χ1n) is 11.8. The number of hydrogen-bond acceptors (Lipinski definition) is 3. The summed E-state index contributed by atoms with van der Waals surface area (Å²) in [7, 11) is 3.40. The Morgan fingerprint density at radius 2 is 1.64 bits per heavy atom. The maximum Gasteiger partial charge on any atom is 0.324 e. The second-order valence-corrected chi connectivity index (χ2v) is 9.91. The lowest BCUT2D eigenvalue weighted by molar-refractivity contribution is 0.217. The largest absolute Gasteiger partial charge is 0.334 e. The van der Waals surface area contributed by atoms with Crippen LogP contribution in [0.1, 0.15) is 32.0 Å². The molecule has 8 nitrogen and oxygen atoms in total. The zero-order valence-corrected chi connectivity index (χ0v) is 21.3. The van der Waals surface area contributed by atoms with Crippen LogP contribution in [0.2, 0.25) is 0 Å². The van der Waals surface area contributed by atoms with Gasteiger partial charge in [0.25, 0.3) is 0 Å². The Balaban J connectivity index is 1.61. The number of benzene rings is 3. The molecule has 186 valence electrons. The number of fused-ring (bicyclic) bond motifs is 1. The Kier molecular flexibility index (Phi) is 6.96. The van der Waals surface area contributed by atoms with Gasteiger partial charge in [0.1, 0.15) is 5.82 Å². The van der Waals surface area contributed by atoms with Crippen molar-refractivity contribution >= 4 is 34.3 Å². The number of amides is 4. The fourth-order valence-corrected chi connectivity index (χ4v) is 3.77. The number of carbonyl (C=O) groups is 2. The predicted octanol–water partition coefficient (Wildman–Crippen LogP) is 5.74. The highest BCUT2D eigenvalue weighted by Crippen LogP contribution is 2.27. The van der Waals surface area contributed by atoms with Crippen LogP contribution in [0.15, 0.2) is 72.8 Å². The number of nitrogens with one attached hydrogen (secondary N) is 3.